The van der Waals surface area contributed by atoms with Gasteiger partial charge in [-0.3, -0.25) is 14.4 Å². The molecule has 2 fully saturated rings. The number of rotatable bonds is 10. The first-order chi connectivity index (χ1) is 18.0. The second kappa shape index (κ2) is 12.1. The van der Waals surface area contributed by atoms with E-state index in [1.165, 1.54) is 13.3 Å². The number of aromatic nitrogens is 1. The molecule has 1 aromatic carbocycles. The number of aromatic carboxylic acids is 1. The van der Waals surface area contributed by atoms with Gasteiger partial charge in [0.2, 0.25) is 5.43 Å². The second-order valence-corrected chi connectivity index (χ2v) is 9.66. The molecule has 0 unspecified atom stereocenters. The molecule has 2 aromatic rings. The highest BCUT2D eigenvalue weighted by molar-refractivity contribution is 5.97. The van der Waals surface area contributed by atoms with Crippen LogP contribution in [-0.4, -0.2) is 58.7 Å². The average Bonchev–Trinajstić information content (AvgIpc) is 3.71. The minimum atomic E-state index is -1.40. The summed E-state index contributed by atoms with van der Waals surface area (Å²) in [5, 5.41) is 18.2. The van der Waals surface area contributed by atoms with Gasteiger partial charge in [0.1, 0.15) is 17.1 Å². The molecule has 212 valence electrons. The topological polar surface area (TPSA) is 152 Å². The molecule has 0 amide bonds. The molecule has 0 radical (unpaired) electrons. The van der Waals surface area contributed by atoms with Crippen LogP contribution in [0.1, 0.15) is 61.3 Å². The highest BCUT2D eigenvalue weighted by atomic mass is 35.5. The molecule has 0 bridgehead atoms. The number of allylic oxidation sites excluding steroid dienone is 1. The van der Waals surface area contributed by atoms with Gasteiger partial charge in [-0.1, -0.05) is 0 Å². The zero-order chi connectivity index (χ0) is 27.7. The fourth-order valence-electron chi connectivity index (χ4n) is 4.91. The number of aliphatic carboxylic acids is 1. The summed E-state index contributed by atoms with van der Waals surface area (Å²) < 4.78 is 37.9. The minimum absolute atomic E-state index is 0. The van der Waals surface area contributed by atoms with E-state index in [1.807, 2.05) is 0 Å². The van der Waals surface area contributed by atoms with Crippen molar-refractivity contribution >= 4 is 46.7 Å². The maximum atomic E-state index is 15.6. The van der Waals surface area contributed by atoms with E-state index in [4.69, 9.17) is 15.6 Å². The third-order valence-electron chi connectivity index (χ3n) is 6.96. The van der Waals surface area contributed by atoms with Crippen LogP contribution in [0.25, 0.3) is 10.9 Å². The molecule has 1 aliphatic heterocycles. The Morgan fingerprint density at radius 2 is 1.92 bits per heavy atom. The van der Waals surface area contributed by atoms with E-state index in [0.717, 1.165) is 18.9 Å². The first-order valence-corrected chi connectivity index (χ1v) is 12.3. The van der Waals surface area contributed by atoms with Gasteiger partial charge in [-0.2, -0.15) is 0 Å². The molecule has 1 atom stereocenters. The normalized spacial score (nSPS) is 17.4. The maximum absolute atomic E-state index is 15.6. The number of hydrogen-bond acceptors (Lipinski definition) is 7. The Kier molecular flexibility index (Phi) is 9.34. The van der Waals surface area contributed by atoms with E-state index in [2.05, 4.69) is 0 Å². The van der Waals surface area contributed by atoms with E-state index in [1.54, 1.807) is 9.47 Å². The first-order valence-electron chi connectivity index (χ1n) is 12.3. The van der Waals surface area contributed by atoms with Crippen LogP contribution in [0.2, 0.25) is 0 Å². The van der Waals surface area contributed by atoms with Crippen LogP contribution in [0, 0.1) is 5.82 Å². The van der Waals surface area contributed by atoms with Crippen molar-refractivity contribution in [1.82, 2.24) is 4.57 Å². The van der Waals surface area contributed by atoms with Gasteiger partial charge in [-0.15, -0.1) is 12.4 Å². The van der Waals surface area contributed by atoms with Crippen LogP contribution < -0.4 is 20.8 Å². The molecular weight excluding hydrogens is 540 g/mol. The predicted octanol–water partition coefficient (Wildman–Crippen LogP) is 3.58. The number of methoxy groups -OCH3 is 1. The van der Waals surface area contributed by atoms with Crippen LogP contribution in [0.3, 0.4) is 0 Å². The number of Topliss-reactive ketones (excluding diaryl/α,β-unsaturated/α-hetero) is 1. The van der Waals surface area contributed by atoms with Crippen LogP contribution in [0.4, 0.5) is 14.5 Å². The maximum Gasteiger partial charge on any atom is 0.341 e. The van der Waals surface area contributed by atoms with E-state index < -0.39 is 52.8 Å². The SMILES string of the molecule is COc1c(N2CCC/C(=C(\F)CCC(=O)[C@@H](N)CC(=O)O)C2)c(F)cc2c(=O)c(C(=O)O)cn(C3CC3)c12.Cl. The Morgan fingerprint density at radius 3 is 2.51 bits per heavy atom. The molecule has 2 heterocycles. The molecule has 1 saturated heterocycles. The summed E-state index contributed by atoms with van der Waals surface area (Å²) in [4.78, 5) is 49.0. The Bertz CT molecular complexity index is 1400. The molecule has 1 aromatic heterocycles. The molecule has 10 nitrogen and oxygen atoms in total. The van der Waals surface area contributed by atoms with Crippen molar-refractivity contribution < 1.29 is 38.1 Å². The summed E-state index contributed by atoms with van der Waals surface area (Å²) in [5.74, 6) is -4.45. The summed E-state index contributed by atoms with van der Waals surface area (Å²) in [6.07, 6.45) is 2.65. The first kappa shape index (κ1) is 30.0. The van der Waals surface area contributed by atoms with Crippen LogP contribution in [0.5, 0.6) is 5.75 Å². The summed E-state index contributed by atoms with van der Waals surface area (Å²) in [6, 6.07) is -0.255. The number of nitrogens with zero attached hydrogens (tertiary/aromatic N) is 2. The molecule has 4 N–H and O–H groups in total. The van der Waals surface area contributed by atoms with Crippen molar-refractivity contribution in [2.45, 2.75) is 57.0 Å². The third kappa shape index (κ3) is 6.22. The molecule has 4 rings (SSSR count). The Hall–Kier alpha value is -3.51. The molecule has 1 aliphatic carbocycles. The quantitative estimate of drug-likeness (QED) is 0.390. The van der Waals surface area contributed by atoms with Gasteiger partial charge in [0.05, 0.1) is 30.5 Å². The number of hydrogen-bond donors (Lipinski definition) is 3. The van der Waals surface area contributed by atoms with E-state index in [9.17, 15) is 24.3 Å². The predicted molar refractivity (Wildman–Crippen MR) is 141 cm³/mol. The van der Waals surface area contributed by atoms with Gasteiger partial charge >= 0.3 is 11.9 Å². The smallest absolute Gasteiger partial charge is 0.341 e. The largest absolute Gasteiger partial charge is 0.492 e. The Labute approximate surface area is 228 Å². The van der Waals surface area contributed by atoms with Gasteiger partial charge < -0.3 is 30.2 Å². The fraction of sp³-hybridized carbons (Fsp3) is 0.462. The number of carboxylic acids is 2. The second-order valence-electron chi connectivity index (χ2n) is 9.66. The number of carbonyl (C=O) groups is 3. The van der Waals surface area contributed by atoms with Gasteiger partial charge in [-0.05, 0) is 37.3 Å². The lowest BCUT2D eigenvalue weighted by Crippen LogP contribution is -2.34. The van der Waals surface area contributed by atoms with Crippen LogP contribution >= 0.6 is 12.4 Å². The van der Waals surface area contributed by atoms with E-state index in [0.29, 0.717) is 25.0 Å². The lowest BCUT2D eigenvalue weighted by molar-refractivity contribution is -0.139. The summed E-state index contributed by atoms with van der Waals surface area (Å²) in [5.41, 5.74) is 4.99. The molecule has 2 aliphatic rings. The number of anilines is 1. The number of carboxylic acid groups (broad SMARTS) is 2. The summed E-state index contributed by atoms with van der Waals surface area (Å²) in [7, 11) is 1.33. The van der Waals surface area contributed by atoms with Crippen LogP contribution in [-0.2, 0) is 9.59 Å². The lowest BCUT2D eigenvalue weighted by Gasteiger charge is -2.33. The van der Waals surface area contributed by atoms with Crippen LogP contribution in [0.15, 0.2) is 28.5 Å². The minimum Gasteiger partial charge on any atom is -0.492 e. The molecule has 1 saturated carbocycles. The Morgan fingerprint density at radius 1 is 1.23 bits per heavy atom. The van der Waals surface area contributed by atoms with Crippen molar-refractivity contribution in [3.63, 3.8) is 0 Å². The number of benzene rings is 1. The number of nitrogens with two attached hydrogens (primary N) is 1. The third-order valence-corrected chi connectivity index (χ3v) is 6.96. The Balaban J connectivity index is 0.00000420. The number of ether oxygens (including phenoxy) is 1. The summed E-state index contributed by atoms with van der Waals surface area (Å²) in [6.45, 7) is 0.389. The van der Waals surface area contributed by atoms with Crippen molar-refractivity contribution in [2.75, 3.05) is 25.1 Å². The van der Waals surface area contributed by atoms with Gasteiger partial charge in [-0.25, -0.2) is 13.6 Å². The highest BCUT2D eigenvalue weighted by Gasteiger charge is 2.32. The number of fused-ring (bicyclic) bond motifs is 1. The summed E-state index contributed by atoms with van der Waals surface area (Å²) >= 11 is 0. The zero-order valence-corrected chi connectivity index (χ0v) is 22.1. The fourth-order valence-corrected chi connectivity index (χ4v) is 4.91. The monoisotopic (exact) mass is 569 g/mol. The van der Waals surface area contributed by atoms with E-state index in [-0.39, 0.29) is 60.2 Å². The number of ketones is 1. The molecule has 39 heavy (non-hydrogen) atoms. The average molecular weight is 570 g/mol. The number of piperidine rings is 1. The molecule has 13 heteroatoms. The zero-order valence-electron chi connectivity index (χ0n) is 21.2. The standard InChI is InChI=1S/C26H29F2N3O7.ClH/c1-38-25-22-15(24(35)16(26(36)37)12-31(22)14-4-5-14)9-18(28)23(25)30-8-2-3-13(11-30)17(27)6-7-20(32)19(29)10-21(33)34;/h9,12,14,19H,2-8,10-11,29H2,1H3,(H,33,34)(H,36,37);1H/b17-13+;/t19-;/m0./s1. The lowest BCUT2D eigenvalue weighted by atomic mass is 9.98. The van der Waals surface area contributed by atoms with E-state index >= 15 is 8.78 Å². The van der Waals surface area contributed by atoms with Crippen molar-refractivity contribution in [3.8, 4) is 5.75 Å². The highest BCUT2D eigenvalue weighted by Crippen LogP contribution is 2.44. The molecule has 0 spiro atoms. The number of carbonyl (C=O) groups excluding carboxylic acids is 1. The number of pyridine rings is 1. The van der Waals surface area contributed by atoms with Gasteiger partial charge in [0.25, 0.3) is 0 Å². The molecular formula is C26H30ClF2N3O7. The van der Waals surface area contributed by atoms with Gasteiger partial charge in [0.15, 0.2) is 17.3 Å². The number of halogens is 3. The van der Waals surface area contributed by atoms with Crippen molar-refractivity contribution in [3.05, 3.63) is 45.3 Å². The van der Waals surface area contributed by atoms with Gasteiger partial charge in [0, 0.05) is 38.2 Å². The van der Waals surface area contributed by atoms with Crippen molar-refractivity contribution in [2.24, 2.45) is 5.73 Å². The van der Waals surface area contributed by atoms with Crippen molar-refractivity contribution in [1.29, 1.82) is 0 Å².